The van der Waals surface area contributed by atoms with Crippen LogP contribution in [0.1, 0.15) is 50.2 Å². The zero-order valence-corrected chi connectivity index (χ0v) is 28.2. The number of carbonyl (C=O) groups excluding carboxylic acids is 1. The molecule has 1 unspecified atom stereocenters. The van der Waals surface area contributed by atoms with Crippen molar-refractivity contribution >= 4 is 21.6 Å². The number of hydrogen-bond acceptors (Lipinski definition) is 7. The predicted molar refractivity (Wildman–Crippen MR) is 181 cm³/mol. The van der Waals surface area contributed by atoms with E-state index in [1.54, 1.807) is 26.2 Å². The molecule has 2 fully saturated rings. The molecule has 0 bridgehead atoms. The highest BCUT2D eigenvalue weighted by atomic mass is 32.2. The minimum atomic E-state index is -3.56. The number of likely N-dealkylation sites (tertiary alicyclic amines) is 1. The Morgan fingerprint density at radius 1 is 1.09 bits per heavy atom. The number of urea groups is 1. The van der Waals surface area contributed by atoms with E-state index in [0.717, 1.165) is 83.6 Å². The van der Waals surface area contributed by atoms with E-state index < -0.39 is 9.84 Å². The highest BCUT2D eigenvalue weighted by molar-refractivity contribution is 7.91. The monoisotopic (exact) mass is 647 g/mol. The van der Waals surface area contributed by atoms with E-state index in [1.165, 1.54) is 28.2 Å². The summed E-state index contributed by atoms with van der Waals surface area (Å²) in [7, 11) is -0.158. The van der Waals surface area contributed by atoms with Crippen LogP contribution in [0.25, 0.3) is 0 Å². The van der Waals surface area contributed by atoms with Gasteiger partial charge in [0.25, 0.3) is 0 Å². The molecule has 0 spiro atoms. The van der Waals surface area contributed by atoms with Gasteiger partial charge in [-0.1, -0.05) is 37.6 Å². The van der Waals surface area contributed by atoms with Crippen LogP contribution in [-0.2, 0) is 28.8 Å². The molecule has 46 heavy (non-hydrogen) atoms. The number of amides is 2. The maximum atomic E-state index is 12.9. The summed E-state index contributed by atoms with van der Waals surface area (Å²) >= 11 is 0. The zero-order chi connectivity index (χ0) is 32.3. The third-order valence-corrected chi connectivity index (χ3v) is 12.2. The number of anilines is 1. The van der Waals surface area contributed by atoms with Crippen molar-refractivity contribution in [3.8, 4) is 0 Å². The van der Waals surface area contributed by atoms with Crippen molar-refractivity contribution in [1.82, 2.24) is 30.6 Å². The van der Waals surface area contributed by atoms with Crippen LogP contribution < -0.4 is 20.9 Å². The Hall–Kier alpha value is -3.41. The molecule has 3 N–H and O–H groups in total. The number of fused-ring (bicyclic) bond motifs is 1. The summed E-state index contributed by atoms with van der Waals surface area (Å²) in [6, 6.07) is 16.2. The minimum absolute atomic E-state index is 0.00821. The van der Waals surface area contributed by atoms with Gasteiger partial charge in [0.2, 0.25) is 9.84 Å². The van der Waals surface area contributed by atoms with Crippen molar-refractivity contribution in [1.29, 1.82) is 0 Å². The average molecular weight is 648 g/mol. The zero-order valence-electron chi connectivity index (χ0n) is 27.4. The maximum absolute atomic E-state index is 12.9. The molecule has 0 saturated carbocycles. The van der Waals surface area contributed by atoms with Crippen molar-refractivity contribution in [3.63, 3.8) is 0 Å². The summed E-state index contributed by atoms with van der Waals surface area (Å²) in [6.07, 6.45) is 8.18. The molecule has 2 saturated heterocycles. The van der Waals surface area contributed by atoms with E-state index in [4.69, 9.17) is 0 Å². The number of benzene rings is 2. The van der Waals surface area contributed by atoms with Crippen molar-refractivity contribution in [2.24, 2.45) is 18.9 Å². The lowest BCUT2D eigenvalue weighted by Crippen LogP contribution is -2.56. The molecule has 2 aromatic carbocycles. The third-order valence-electron chi connectivity index (χ3n) is 10.5. The number of rotatable bonds is 11. The van der Waals surface area contributed by atoms with Gasteiger partial charge in [-0.15, -0.1) is 0 Å². The van der Waals surface area contributed by atoms with Gasteiger partial charge in [0, 0.05) is 76.1 Å². The highest BCUT2D eigenvalue weighted by Gasteiger charge is 2.46. The number of hydrogen-bond donors (Lipinski definition) is 3. The van der Waals surface area contributed by atoms with E-state index in [1.807, 2.05) is 12.1 Å². The fraction of sp³-hybridized carbons (Fsp3) is 0.543. The van der Waals surface area contributed by atoms with Crippen molar-refractivity contribution in [2.45, 2.75) is 66.8 Å². The molecule has 2 amide bonds. The predicted octanol–water partition coefficient (Wildman–Crippen LogP) is 3.93. The number of aromatic nitrogens is 2. The van der Waals surface area contributed by atoms with Gasteiger partial charge in [0.1, 0.15) is 4.90 Å². The maximum Gasteiger partial charge on any atom is 0.314 e. The Morgan fingerprint density at radius 3 is 2.50 bits per heavy atom. The third kappa shape index (κ3) is 6.68. The van der Waals surface area contributed by atoms with Crippen LogP contribution in [-0.4, -0.2) is 81.5 Å². The molecule has 11 heteroatoms. The molecule has 248 valence electrons. The first-order chi connectivity index (χ1) is 22.2. The van der Waals surface area contributed by atoms with Crippen LogP contribution in [0.2, 0.25) is 0 Å². The smallest absolute Gasteiger partial charge is 0.314 e. The molecule has 10 nitrogen and oxygen atoms in total. The number of aryl methyl sites for hydroxylation is 1. The van der Waals surface area contributed by atoms with Crippen LogP contribution in [0.4, 0.5) is 10.5 Å². The summed E-state index contributed by atoms with van der Waals surface area (Å²) in [5.41, 5.74) is 3.92. The number of nitrogens with zero attached hydrogens (tertiary/aromatic N) is 4. The fourth-order valence-electron chi connectivity index (χ4n) is 8.10. The molecule has 0 radical (unpaired) electrons. The Morgan fingerprint density at radius 2 is 1.83 bits per heavy atom. The lowest BCUT2D eigenvalue weighted by molar-refractivity contribution is 0.0916. The summed E-state index contributed by atoms with van der Waals surface area (Å²) in [6.45, 7) is 9.29. The Balaban J connectivity index is 1.06. The van der Waals surface area contributed by atoms with Gasteiger partial charge in [-0.25, -0.2) is 13.2 Å². The number of nitrogens with one attached hydrogen (secondary N) is 3. The standard InChI is InChI=1S/C35H49N7O3S/c1-4-7-29(39-34(43)36-2)18-35(25-37-19-27-8-5-6-9-33(27)35)28-14-16-41(17-15-28)21-26-22-42(23-26)30-10-12-31(13-11-30)46(44,45)32-20-38-40(3)24-32/h5-6,8-13,20,24,26,28-29,37H,4,7,14-19,21-23,25H2,1-3H3,(H2,36,39,43)/t29-,35?/m0/s1. The van der Waals surface area contributed by atoms with Gasteiger partial charge >= 0.3 is 6.03 Å². The quantitative estimate of drug-likeness (QED) is 0.289. The molecular formula is C35H49N7O3S. The van der Waals surface area contributed by atoms with Crippen LogP contribution in [0.3, 0.4) is 0 Å². The van der Waals surface area contributed by atoms with Crippen LogP contribution in [0.15, 0.2) is 70.7 Å². The van der Waals surface area contributed by atoms with Crippen LogP contribution in [0.5, 0.6) is 0 Å². The SMILES string of the molecule is CCC[C@@H](CC1(C2CCN(CC3CN(c4ccc(S(=O)(=O)c5cnn(C)c5)cc4)C3)CC2)CNCc2ccccc21)NC(=O)NC. The first kappa shape index (κ1) is 32.5. The minimum Gasteiger partial charge on any atom is -0.371 e. The summed E-state index contributed by atoms with van der Waals surface area (Å²) < 4.78 is 27.4. The number of sulfone groups is 1. The summed E-state index contributed by atoms with van der Waals surface area (Å²) in [4.78, 5) is 17.9. The van der Waals surface area contributed by atoms with Crippen LogP contribution in [0, 0.1) is 11.8 Å². The second-order valence-corrected chi connectivity index (χ2v) is 15.5. The second-order valence-electron chi connectivity index (χ2n) is 13.5. The van der Waals surface area contributed by atoms with Crippen molar-refractivity contribution in [3.05, 3.63) is 72.1 Å². The molecule has 3 aliphatic heterocycles. The second kappa shape index (κ2) is 13.8. The fourth-order valence-corrected chi connectivity index (χ4v) is 9.34. The van der Waals surface area contributed by atoms with Crippen molar-refractivity contribution < 1.29 is 13.2 Å². The summed E-state index contributed by atoms with van der Waals surface area (Å²) in [5, 5.41) is 13.8. The molecule has 6 rings (SSSR count). The van der Waals surface area contributed by atoms with Gasteiger partial charge in [-0.05, 0) is 80.1 Å². The van der Waals surface area contributed by atoms with Gasteiger partial charge in [-0.2, -0.15) is 5.10 Å². The van der Waals surface area contributed by atoms with E-state index in [-0.39, 0.29) is 22.4 Å². The Labute approximate surface area is 273 Å². The molecule has 2 atom stereocenters. The van der Waals surface area contributed by atoms with Gasteiger partial charge in [0.15, 0.2) is 0 Å². The topological polar surface area (TPSA) is 112 Å². The normalized spacial score (nSPS) is 21.8. The Kier molecular flexibility index (Phi) is 9.72. The largest absolute Gasteiger partial charge is 0.371 e. The van der Waals surface area contributed by atoms with Crippen LogP contribution >= 0.6 is 0 Å². The first-order valence-electron chi connectivity index (χ1n) is 16.8. The lowest BCUT2D eigenvalue weighted by Gasteiger charge is -2.50. The van der Waals surface area contributed by atoms with E-state index in [9.17, 15) is 13.2 Å². The first-order valence-corrected chi connectivity index (χ1v) is 18.3. The molecule has 3 aromatic rings. The molecule has 4 heterocycles. The lowest BCUT2D eigenvalue weighted by atomic mass is 9.61. The molecule has 1 aromatic heterocycles. The Bertz CT molecular complexity index is 1590. The highest BCUT2D eigenvalue weighted by Crippen LogP contribution is 2.45. The molecule has 3 aliphatic rings. The molecular weight excluding hydrogens is 598 g/mol. The van der Waals surface area contributed by atoms with E-state index in [2.05, 4.69) is 62.0 Å². The van der Waals surface area contributed by atoms with Crippen molar-refractivity contribution in [2.75, 3.05) is 51.2 Å². The van der Waals surface area contributed by atoms with E-state index in [0.29, 0.717) is 16.7 Å². The summed E-state index contributed by atoms with van der Waals surface area (Å²) in [5.74, 6) is 1.15. The average Bonchev–Trinajstić information content (AvgIpc) is 3.50. The van der Waals surface area contributed by atoms with Gasteiger partial charge in [-0.3, -0.25) is 4.68 Å². The van der Waals surface area contributed by atoms with Gasteiger partial charge < -0.3 is 25.8 Å². The van der Waals surface area contributed by atoms with E-state index >= 15 is 0 Å². The number of piperidine rings is 1. The number of carbonyl (C=O) groups is 1. The molecule has 0 aliphatic carbocycles. The van der Waals surface area contributed by atoms with Gasteiger partial charge in [0.05, 0.1) is 11.1 Å².